The molecule has 120 valence electrons. The van der Waals surface area contributed by atoms with Gasteiger partial charge in [-0.3, -0.25) is 14.5 Å². The minimum atomic E-state index is -0.547. The zero-order valence-electron chi connectivity index (χ0n) is 13.2. The van der Waals surface area contributed by atoms with E-state index in [0.29, 0.717) is 6.04 Å². The van der Waals surface area contributed by atoms with Crippen LogP contribution in [0, 0.1) is 5.92 Å². The maximum Gasteiger partial charge on any atom is 0.242 e. The van der Waals surface area contributed by atoms with Gasteiger partial charge in [-0.05, 0) is 38.3 Å². The van der Waals surface area contributed by atoms with Gasteiger partial charge in [0, 0.05) is 19.1 Å². The molecule has 2 amide bonds. The first kappa shape index (κ1) is 16.2. The SMILES string of the molecule is CC(C)[C@H](N)C(=O)NCC(=O)N1CCC(N2CCCC2)C1. The third kappa shape index (κ3) is 4.17. The highest BCUT2D eigenvalue weighted by Gasteiger charge is 2.31. The van der Waals surface area contributed by atoms with E-state index in [1.54, 1.807) is 0 Å². The Morgan fingerprint density at radius 2 is 1.90 bits per heavy atom. The molecule has 2 heterocycles. The summed E-state index contributed by atoms with van der Waals surface area (Å²) in [5, 5.41) is 2.66. The van der Waals surface area contributed by atoms with Gasteiger partial charge in [0.05, 0.1) is 12.6 Å². The van der Waals surface area contributed by atoms with Crippen LogP contribution in [0.25, 0.3) is 0 Å². The van der Waals surface area contributed by atoms with E-state index in [1.165, 1.54) is 12.8 Å². The Morgan fingerprint density at radius 1 is 1.24 bits per heavy atom. The van der Waals surface area contributed by atoms with Crippen LogP contribution in [0.1, 0.15) is 33.1 Å². The van der Waals surface area contributed by atoms with Crippen molar-refractivity contribution in [2.75, 3.05) is 32.7 Å². The maximum absolute atomic E-state index is 12.2. The Labute approximate surface area is 127 Å². The predicted octanol–water partition coefficient (Wildman–Crippen LogP) is -0.217. The van der Waals surface area contributed by atoms with E-state index < -0.39 is 6.04 Å². The molecule has 0 aromatic carbocycles. The molecular weight excluding hydrogens is 268 g/mol. The van der Waals surface area contributed by atoms with Crippen LogP contribution < -0.4 is 11.1 Å². The number of carbonyl (C=O) groups is 2. The van der Waals surface area contributed by atoms with Gasteiger partial charge >= 0.3 is 0 Å². The summed E-state index contributed by atoms with van der Waals surface area (Å²) < 4.78 is 0. The molecule has 0 aliphatic carbocycles. The lowest BCUT2D eigenvalue weighted by Gasteiger charge is -2.24. The number of rotatable bonds is 5. The highest BCUT2D eigenvalue weighted by atomic mass is 16.2. The smallest absolute Gasteiger partial charge is 0.242 e. The van der Waals surface area contributed by atoms with Gasteiger partial charge in [0.1, 0.15) is 0 Å². The van der Waals surface area contributed by atoms with Crippen molar-refractivity contribution in [2.24, 2.45) is 11.7 Å². The molecule has 21 heavy (non-hydrogen) atoms. The predicted molar refractivity (Wildman–Crippen MR) is 81.6 cm³/mol. The average molecular weight is 296 g/mol. The number of hydrogen-bond acceptors (Lipinski definition) is 4. The van der Waals surface area contributed by atoms with Crippen LogP contribution in [0.5, 0.6) is 0 Å². The summed E-state index contributed by atoms with van der Waals surface area (Å²) in [7, 11) is 0. The fraction of sp³-hybridized carbons (Fsp3) is 0.867. The van der Waals surface area contributed by atoms with Crippen LogP contribution in [0.3, 0.4) is 0 Å². The lowest BCUT2D eigenvalue weighted by atomic mass is 10.1. The largest absolute Gasteiger partial charge is 0.346 e. The molecule has 2 atom stereocenters. The number of nitrogens with two attached hydrogens (primary N) is 1. The normalized spacial score (nSPS) is 24.6. The topological polar surface area (TPSA) is 78.7 Å². The summed E-state index contributed by atoms with van der Waals surface area (Å²) in [4.78, 5) is 28.3. The Kier molecular flexibility index (Phi) is 5.58. The lowest BCUT2D eigenvalue weighted by molar-refractivity contribution is -0.132. The summed E-state index contributed by atoms with van der Waals surface area (Å²) in [5.74, 6) is -0.166. The van der Waals surface area contributed by atoms with E-state index in [1.807, 2.05) is 18.7 Å². The summed E-state index contributed by atoms with van der Waals surface area (Å²) in [6.45, 7) is 7.77. The van der Waals surface area contributed by atoms with Gasteiger partial charge < -0.3 is 16.0 Å². The number of amides is 2. The molecule has 0 bridgehead atoms. The van der Waals surface area contributed by atoms with Crippen molar-refractivity contribution in [3.8, 4) is 0 Å². The molecule has 0 aromatic heterocycles. The highest BCUT2D eigenvalue weighted by Crippen LogP contribution is 2.20. The van der Waals surface area contributed by atoms with Crippen molar-refractivity contribution in [3.05, 3.63) is 0 Å². The van der Waals surface area contributed by atoms with Crippen LogP contribution in [0.15, 0.2) is 0 Å². The number of nitrogens with one attached hydrogen (secondary N) is 1. The summed E-state index contributed by atoms with van der Waals surface area (Å²) in [6.07, 6.45) is 3.59. The van der Waals surface area contributed by atoms with Crippen molar-refractivity contribution < 1.29 is 9.59 Å². The third-order valence-corrected chi connectivity index (χ3v) is 4.61. The summed E-state index contributed by atoms with van der Waals surface area (Å²) in [6, 6.07) is -0.0428. The molecule has 2 rings (SSSR count). The molecule has 3 N–H and O–H groups in total. The van der Waals surface area contributed by atoms with Crippen LogP contribution >= 0.6 is 0 Å². The minimum absolute atomic E-state index is 0.000929. The van der Waals surface area contributed by atoms with E-state index in [4.69, 9.17) is 5.73 Å². The first-order valence-electron chi connectivity index (χ1n) is 8.04. The van der Waals surface area contributed by atoms with Crippen molar-refractivity contribution >= 4 is 11.8 Å². The molecule has 2 aliphatic heterocycles. The zero-order valence-corrected chi connectivity index (χ0v) is 13.2. The van der Waals surface area contributed by atoms with E-state index in [-0.39, 0.29) is 24.3 Å². The average Bonchev–Trinajstić information content (AvgIpc) is 3.12. The standard InChI is InChI=1S/C15H28N4O2/c1-11(2)14(16)15(21)17-9-13(20)19-8-5-12(10-19)18-6-3-4-7-18/h11-12,14H,3-10,16H2,1-2H3,(H,17,21)/t12?,14-/m0/s1. The van der Waals surface area contributed by atoms with Crippen molar-refractivity contribution in [1.82, 2.24) is 15.1 Å². The van der Waals surface area contributed by atoms with Gasteiger partial charge in [-0.2, -0.15) is 0 Å². The van der Waals surface area contributed by atoms with Crippen molar-refractivity contribution in [3.63, 3.8) is 0 Å². The number of likely N-dealkylation sites (tertiary alicyclic amines) is 2. The molecule has 6 nitrogen and oxygen atoms in total. The van der Waals surface area contributed by atoms with Gasteiger partial charge in [-0.25, -0.2) is 0 Å². The van der Waals surface area contributed by atoms with Crippen molar-refractivity contribution in [2.45, 2.75) is 45.2 Å². The second kappa shape index (κ2) is 7.22. The van der Waals surface area contributed by atoms with E-state index in [0.717, 1.165) is 32.6 Å². The van der Waals surface area contributed by atoms with Gasteiger partial charge in [0.2, 0.25) is 11.8 Å². The van der Waals surface area contributed by atoms with Crippen molar-refractivity contribution in [1.29, 1.82) is 0 Å². The van der Waals surface area contributed by atoms with Crippen LogP contribution in [0.4, 0.5) is 0 Å². The second-order valence-corrected chi connectivity index (χ2v) is 6.51. The zero-order chi connectivity index (χ0) is 15.4. The van der Waals surface area contributed by atoms with Gasteiger partial charge in [0.15, 0.2) is 0 Å². The molecule has 2 fully saturated rings. The second-order valence-electron chi connectivity index (χ2n) is 6.51. The lowest BCUT2D eigenvalue weighted by Crippen LogP contribution is -2.48. The highest BCUT2D eigenvalue weighted by molar-refractivity contribution is 5.87. The molecule has 2 aliphatic rings. The molecule has 0 radical (unpaired) electrons. The Bertz CT molecular complexity index is 380. The maximum atomic E-state index is 12.2. The number of nitrogens with zero attached hydrogens (tertiary/aromatic N) is 2. The van der Waals surface area contributed by atoms with E-state index in [2.05, 4.69) is 10.2 Å². The van der Waals surface area contributed by atoms with Crippen LogP contribution in [-0.2, 0) is 9.59 Å². The van der Waals surface area contributed by atoms with Gasteiger partial charge in [-0.1, -0.05) is 13.8 Å². The molecule has 6 heteroatoms. The van der Waals surface area contributed by atoms with E-state index >= 15 is 0 Å². The fourth-order valence-electron chi connectivity index (χ4n) is 3.07. The van der Waals surface area contributed by atoms with Gasteiger partial charge in [-0.15, -0.1) is 0 Å². The summed E-state index contributed by atoms with van der Waals surface area (Å²) in [5.41, 5.74) is 5.76. The fourth-order valence-corrected chi connectivity index (χ4v) is 3.07. The van der Waals surface area contributed by atoms with Gasteiger partial charge in [0.25, 0.3) is 0 Å². The molecule has 0 saturated carbocycles. The minimum Gasteiger partial charge on any atom is -0.346 e. The molecule has 2 saturated heterocycles. The number of hydrogen-bond donors (Lipinski definition) is 2. The quantitative estimate of drug-likeness (QED) is 0.735. The number of carbonyl (C=O) groups excluding carboxylic acids is 2. The van der Waals surface area contributed by atoms with E-state index in [9.17, 15) is 9.59 Å². The first-order chi connectivity index (χ1) is 9.99. The van der Waals surface area contributed by atoms with Crippen LogP contribution in [0.2, 0.25) is 0 Å². The Hall–Kier alpha value is -1.14. The molecule has 0 aromatic rings. The van der Waals surface area contributed by atoms with Crippen LogP contribution in [-0.4, -0.2) is 66.4 Å². The molecule has 1 unspecified atom stereocenters. The Balaban J connectivity index is 1.73. The first-order valence-corrected chi connectivity index (χ1v) is 8.04. The Morgan fingerprint density at radius 3 is 2.52 bits per heavy atom. The monoisotopic (exact) mass is 296 g/mol. The molecular formula is C15H28N4O2. The molecule has 0 spiro atoms. The third-order valence-electron chi connectivity index (χ3n) is 4.61. The summed E-state index contributed by atoms with van der Waals surface area (Å²) >= 11 is 0.